The quantitative estimate of drug-likeness (QED) is 0.848. The van der Waals surface area contributed by atoms with E-state index in [0.717, 1.165) is 31.0 Å². The molecule has 0 unspecified atom stereocenters. The third kappa shape index (κ3) is 3.77. The molecule has 2 aromatic heterocycles. The molecule has 2 heterocycles. The summed E-state index contributed by atoms with van der Waals surface area (Å²) < 4.78 is 13.4. The minimum absolute atomic E-state index is 0.283. The predicted octanol–water partition coefficient (Wildman–Crippen LogP) is 3.42. The summed E-state index contributed by atoms with van der Waals surface area (Å²) in [5.74, 6) is 0.581. The first kappa shape index (κ1) is 14.9. The average molecular weight is 293 g/mol. The number of hydrogen-bond acceptors (Lipinski definition) is 4. The van der Waals surface area contributed by atoms with E-state index in [2.05, 4.69) is 33.6 Å². The molecule has 1 N–H and O–H groups in total. The molecule has 0 saturated carbocycles. The number of anilines is 1. The van der Waals surface area contributed by atoms with Crippen LogP contribution in [0.1, 0.15) is 24.3 Å². The molecule has 0 aliphatic heterocycles. The van der Waals surface area contributed by atoms with Gasteiger partial charge in [-0.05, 0) is 31.0 Å². The fourth-order valence-corrected chi connectivity index (χ4v) is 2.80. The van der Waals surface area contributed by atoms with E-state index in [1.54, 1.807) is 17.4 Å². The normalized spacial score (nSPS) is 10.8. The van der Waals surface area contributed by atoms with Crippen molar-refractivity contribution in [2.24, 2.45) is 0 Å². The maximum Gasteiger partial charge on any atom is 0.141 e. The summed E-state index contributed by atoms with van der Waals surface area (Å²) in [7, 11) is 0. The Morgan fingerprint density at radius 2 is 2.25 bits per heavy atom. The number of hydrogen-bond donors (Lipinski definition) is 1. The minimum atomic E-state index is -0.283. The second-order valence-corrected chi connectivity index (χ2v) is 5.54. The highest BCUT2D eigenvalue weighted by Crippen LogP contribution is 2.22. The first-order valence-corrected chi connectivity index (χ1v) is 7.75. The van der Waals surface area contributed by atoms with Gasteiger partial charge in [-0.3, -0.25) is 0 Å². The number of aromatic nitrogens is 1. The van der Waals surface area contributed by atoms with Crippen molar-refractivity contribution in [1.82, 2.24) is 10.3 Å². The molecule has 2 aromatic rings. The van der Waals surface area contributed by atoms with Crippen LogP contribution < -0.4 is 10.2 Å². The van der Waals surface area contributed by atoms with Crippen LogP contribution in [0, 0.1) is 5.82 Å². The maximum atomic E-state index is 13.4. The van der Waals surface area contributed by atoms with Gasteiger partial charge in [-0.2, -0.15) is 0 Å². The molecule has 0 saturated heterocycles. The molecule has 0 aromatic carbocycles. The van der Waals surface area contributed by atoms with Gasteiger partial charge in [0.1, 0.15) is 11.6 Å². The van der Waals surface area contributed by atoms with Gasteiger partial charge < -0.3 is 10.2 Å². The Labute approximate surface area is 123 Å². The zero-order valence-corrected chi connectivity index (χ0v) is 12.7. The van der Waals surface area contributed by atoms with Crippen molar-refractivity contribution in [1.29, 1.82) is 0 Å². The van der Waals surface area contributed by atoms with E-state index in [4.69, 9.17) is 0 Å². The number of pyridine rings is 1. The second kappa shape index (κ2) is 7.36. The van der Waals surface area contributed by atoms with Crippen LogP contribution in [0.3, 0.4) is 0 Å². The molecule has 3 nitrogen and oxygen atoms in total. The van der Waals surface area contributed by atoms with Crippen molar-refractivity contribution >= 4 is 17.2 Å². The summed E-state index contributed by atoms with van der Waals surface area (Å²) in [6, 6.07) is 5.73. The summed E-state index contributed by atoms with van der Waals surface area (Å²) >= 11 is 1.73. The lowest BCUT2D eigenvalue weighted by Crippen LogP contribution is -2.25. The molecule has 20 heavy (non-hydrogen) atoms. The molecule has 108 valence electrons. The van der Waals surface area contributed by atoms with Crippen LogP contribution in [0.15, 0.2) is 29.8 Å². The van der Waals surface area contributed by atoms with Gasteiger partial charge in [-0.25, -0.2) is 9.37 Å². The van der Waals surface area contributed by atoms with Crippen molar-refractivity contribution in [3.63, 3.8) is 0 Å². The van der Waals surface area contributed by atoms with Crippen molar-refractivity contribution in [2.45, 2.75) is 26.9 Å². The molecule has 2 rings (SSSR count). The molecule has 5 heteroatoms. The molecule has 0 amide bonds. The van der Waals surface area contributed by atoms with Crippen LogP contribution in [-0.4, -0.2) is 18.1 Å². The average Bonchev–Trinajstić information content (AvgIpc) is 2.96. The summed E-state index contributed by atoms with van der Waals surface area (Å²) in [6.45, 7) is 7.28. The van der Waals surface area contributed by atoms with E-state index in [1.165, 1.54) is 11.1 Å². The third-order valence-corrected chi connectivity index (χ3v) is 3.94. The molecule has 0 fully saturated rings. The lowest BCUT2D eigenvalue weighted by atomic mass is 10.2. The van der Waals surface area contributed by atoms with Gasteiger partial charge in [0.05, 0.1) is 12.7 Å². The lowest BCUT2D eigenvalue weighted by Gasteiger charge is -2.24. The molecular weight excluding hydrogens is 273 g/mol. The standard InChI is InChI=1S/C15H20FN3S/c1-3-17-9-12-8-13(16)10-18-15(12)19(4-2)11-14-6-5-7-20-14/h5-8,10,17H,3-4,9,11H2,1-2H3. The molecule has 0 radical (unpaired) electrons. The highest BCUT2D eigenvalue weighted by atomic mass is 32.1. The third-order valence-electron chi connectivity index (χ3n) is 3.08. The van der Waals surface area contributed by atoms with Gasteiger partial charge in [-0.1, -0.05) is 13.0 Å². The summed E-state index contributed by atoms with van der Waals surface area (Å²) in [6.07, 6.45) is 1.29. The van der Waals surface area contributed by atoms with E-state index in [-0.39, 0.29) is 5.82 Å². The van der Waals surface area contributed by atoms with E-state index >= 15 is 0 Å². The van der Waals surface area contributed by atoms with Crippen LogP contribution in [-0.2, 0) is 13.1 Å². The largest absolute Gasteiger partial charge is 0.351 e. The second-order valence-electron chi connectivity index (χ2n) is 4.51. The molecule has 0 atom stereocenters. The van der Waals surface area contributed by atoms with E-state index in [0.29, 0.717) is 6.54 Å². The molecular formula is C15H20FN3S. The molecule has 0 aliphatic rings. The molecule has 0 bridgehead atoms. The lowest BCUT2D eigenvalue weighted by molar-refractivity contribution is 0.612. The zero-order valence-electron chi connectivity index (χ0n) is 11.9. The zero-order chi connectivity index (χ0) is 14.4. The van der Waals surface area contributed by atoms with Crippen LogP contribution in [0.4, 0.5) is 10.2 Å². The Morgan fingerprint density at radius 1 is 1.40 bits per heavy atom. The van der Waals surface area contributed by atoms with Gasteiger partial charge >= 0.3 is 0 Å². The Bertz CT molecular complexity index is 528. The van der Waals surface area contributed by atoms with Gasteiger partial charge in [0.15, 0.2) is 0 Å². The molecule has 0 spiro atoms. The number of rotatable bonds is 7. The predicted molar refractivity (Wildman–Crippen MR) is 82.6 cm³/mol. The monoisotopic (exact) mass is 293 g/mol. The minimum Gasteiger partial charge on any atom is -0.351 e. The number of thiophene rings is 1. The van der Waals surface area contributed by atoms with Gasteiger partial charge in [-0.15, -0.1) is 11.3 Å². The Hall–Kier alpha value is -1.46. The summed E-state index contributed by atoms with van der Waals surface area (Å²) in [5, 5.41) is 5.31. The fraction of sp³-hybridized carbons (Fsp3) is 0.400. The fourth-order valence-electron chi connectivity index (χ4n) is 2.08. The first-order valence-electron chi connectivity index (χ1n) is 6.87. The summed E-state index contributed by atoms with van der Waals surface area (Å²) in [4.78, 5) is 7.76. The van der Waals surface area contributed by atoms with Crippen molar-refractivity contribution < 1.29 is 4.39 Å². The SMILES string of the molecule is CCNCc1cc(F)cnc1N(CC)Cc1cccs1. The highest BCUT2D eigenvalue weighted by Gasteiger charge is 2.13. The van der Waals surface area contributed by atoms with Gasteiger partial charge in [0.2, 0.25) is 0 Å². The van der Waals surface area contributed by atoms with Crippen molar-refractivity contribution in [3.05, 3.63) is 46.0 Å². The van der Waals surface area contributed by atoms with Gasteiger partial charge in [0.25, 0.3) is 0 Å². The van der Waals surface area contributed by atoms with Crippen LogP contribution in [0.2, 0.25) is 0 Å². The highest BCUT2D eigenvalue weighted by molar-refractivity contribution is 7.09. The van der Waals surface area contributed by atoms with Crippen LogP contribution in [0.25, 0.3) is 0 Å². The van der Waals surface area contributed by atoms with Gasteiger partial charge in [0, 0.05) is 23.5 Å². The Kier molecular flexibility index (Phi) is 5.49. The van der Waals surface area contributed by atoms with Crippen LogP contribution in [0.5, 0.6) is 0 Å². The molecule has 0 aliphatic carbocycles. The Balaban J connectivity index is 2.23. The maximum absolute atomic E-state index is 13.4. The van der Waals surface area contributed by atoms with Crippen LogP contribution >= 0.6 is 11.3 Å². The first-order chi connectivity index (χ1) is 9.74. The van der Waals surface area contributed by atoms with E-state index in [9.17, 15) is 4.39 Å². The number of nitrogens with one attached hydrogen (secondary N) is 1. The number of halogens is 1. The smallest absolute Gasteiger partial charge is 0.141 e. The van der Waals surface area contributed by atoms with Crippen molar-refractivity contribution in [2.75, 3.05) is 18.0 Å². The Morgan fingerprint density at radius 3 is 2.90 bits per heavy atom. The summed E-state index contributed by atoms with van der Waals surface area (Å²) in [5.41, 5.74) is 0.908. The van der Waals surface area contributed by atoms with E-state index < -0.39 is 0 Å². The number of nitrogens with zero attached hydrogens (tertiary/aromatic N) is 2. The topological polar surface area (TPSA) is 28.2 Å². The van der Waals surface area contributed by atoms with E-state index in [1.807, 2.05) is 13.0 Å². The van der Waals surface area contributed by atoms with Crippen molar-refractivity contribution in [3.8, 4) is 0 Å².